The van der Waals surface area contributed by atoms with Crippen molar-refractivity contribution >= 4 is 5.88 Å². The molecule has 1 heterocycles. The Morgan fingerprint density at radius 2 is 2.19 bits per heavy atom. The van der Waals surface area contributed by atoms with Crippen molar-refractivity contribution in [1.29, 1.82) is 0 Å². The predicted octanol–water partition coefficient (Wildman–Crippen LogP) is 3.18. The molecule has 0 bridgehead atoms. The molecule has 0 radical (unpaired) electrons. The molecule has 1 aromatic carbocycles. The van der Waals surface area contributed by atoms with Crippen LogP contribution in [-0.4, -0.2) is 5.16 Å². The van der Waals surface area contributed by atoms with E-state index >= 15 is 0 Å². The minimum absolute atomic E-state index is 0.411. The Kier molecular flexibility index (Phi) is 2.95. The Hall–Kier alpha value is -1.77. The molecule has 2 N–H and O–H groups in total. The van der Waals surface area contributed by atoms with Crippen LogP contribution in [0.15, 0.2) is 28.8 Å². The van der Waals surface area contributed by atoms with E-state index in [9.17, 15) is 0 Å². The molecule has 0 aliphatic rings. The average molecular weight is 216 g/mol. The van der Waals surface area contributed by atoms with Crippen molar-refractivity contribution in [1.82, 2.24) is 5.16 Å². The van der Waals surface area contributed by atoms with Gasteiger partial charge in [-0.1, -0.05) is 48.3 Å². The maximum absolute atomic E-state index is 5.82. The lowest BCUT2D eigenvalue weighted by Gasteiger charge is -2.02. The van der Waals surface area contributed by atoms with Crippen molar-refractivity contribution in [2.45, 2.75) is 26.7 Å². The van der Waals surface area contributed by atoms with E-state index in [1.54, 1.807) is 0 Å². The van der Waals surface area contributed by atoms with Gasteiger partial charge in [0.2, 0.25) is 5.88 Å². The molecule has 0 saturated carbocycles. The lowest BCUT2D eigenvalue weighted by molar-refractivity contribution is 0.427. The van der Waals surface area contributed by atoms with Crippen LogP contribution in [0.25, 0.3) is 11.1 Å². The summed E-state index contributed by atoms with van der Waals surface area (Å²) in [5, 5.41) is 4.01. The molecule has 0 amide bonds. The summed E-state index contributed by atoms with van der Waals surface area (Å²) in [6.07, 6.45) is 1.93. The predicted molar refractivity (Wildman–Crippen MR) is 65.1 cm³/mol. The molecule has 0 spiro atoms. The topological polar surface area (TPSA) is 52.0 Å². The third-order valence-electron chi connectivity index (χ3n) is 2.58. The first-order valence-corrected chi connectivity index (χ1v) is 5.53. The van der Waals surface area contributed by atoms with E-state index < -0.39 is 0 Å². The fourth-order valence-corrected chi connectivity index (χ4v) is 1.85. The van der Waals surface area contributed by atoms with Crippen LogP contribution in [0.5, 0.6) is 0 Å². The molecule has 2 rings (SSSR count). The number of rotatable bonds is 3. The Labute approximate surface area is 95.3 Å². The highest BCUT2D eigenvalue weighted by Crippen LogP contribution is 2.30. The number of hydrogen-bond donors (Lipinski definition) is 1. The first-order valence-electron chi connectivity index (χ1n) is 5.53. The van der Waals surface area contributed by atoms with Gasteiger partial charge < -0.3 is 10.3 Å². The third-order valence-corrected chi connectivity index (χ3v) is 2.58. The molecule has 2 aromatic rings. The van der Waals surface area contributed by atoms with E-state index in [4.69, 9.17) is 10.3 Å². The summed E-state index contributed by atoms with van der Waals surface area (Å²) in [5.41, 5.74) is 10.0. The number of aryl methyl sites for hydroxylation is 2. The largest absolute Gasteiger partial charge is 0.367 e. The minimum atomic E-state index is 0.411. The molecule has 84 valence electrons. The van der Waals surface area contributed by atoms with E-state index in [0.717, 1.165) is 29.7 Å². The zero-order chi connectivity index (χ0) is 11.5. The number of hydrogen-bond acceptors (Lipinski definition) is 3. The summed E-state index contributed by atoms with van der Waals surface area (Å²) in [6, 6.07) is 8.22. The van der Waals surface area contributed by atoms with Crippen LogP contribution in [0.4, 0.5) is 5.88 Å². The fourth-order valence-electron chi connectivity index (χ4n) is 1.85. The first-order chi connectivity index (χ1) is 7.72. The lowest BCUT2D eigenvalue weighted by atomic mass is 10.0. The summed E-state index contributed by atoms with van der Waals surface area (Å²) in [7, 11) is 0. The second kappa shape index (κ2) is 4.39. The van der Waals surface area contributed by atoms with Crippen molar-refractivity contribution in [3.8, 4) is 11.1 Å². The number of nitrogens with two attached hydrogens (primary N) is 1. The van der Waals surface area contributed by atoms with Gasteiger partial charge in [0, 0.05) is 0 Å². The Balaban J connectivity index is 2.50. The molecule has 0 atom stereocenters. The van der Waals surface area contributed by atoms with Crippen molar-refractivity contribution in [3.63, 3.8) is 0 Å². The van der Waals surface area contributed by atoms with Crippen molar-refractivity contribution in [2.75, 3.05) is 5.73 Å². The van der Waals surface area contributed by atoms with Crippen LogP contribution in [0.3, 0.4) is 0 Å². The SMILES string of the molecule is CCCc1noc(N)c1-c1cccc(C)c1. The van der Waals surface area contributed by atoms with Gasteiger partial charge in [0.15, 0.2) is 0 Å². The molecule has 0 aliphatic carbocycles. The number of anilines is 1. The Morgan fingerprint density at radius 3 is 2.88 bits per heavy atom. The lowest BCUT2D eigenvalue weighted by Crippen LogP contribution is -1.91. The second-order valence-electron chi connectivity index (χ2n) is 3.99. The average Bonchev–Trinajstić information content (AvgIpc) is 2.60. The van der Waals surface area contributed by atoms with Crippen molar-refractivity contribution in [2.24, 2.45) is 0 Å². The highest BCUT2D eigenvalue weighted by atomic mass is 16.5. The summed E-state index contributed by atoms with van der Waals surface area (Å²) in [5.74, 6) is 0.411. The maximum atomic E-state index is 5.82. The third kappa shape index (κ3) is 1.94. The van der Waals surface area contributed by atoms with Crippen LogP contribution in [-0.2, 0) is 6.42 Å². The summed E-state index contributed by atoms with van der Waals surface area (Å²) in [4.78, 5) is 0. The van der Waals surface area contributed by atoms with E-state index in [2.05, 4.69) is 31.1 Å². The van der Waals surface area contributed by atoms with E-state index in [0.29, 0.717) is 5.88 Å². The smallest absolute Gasteiger partial charge is 0.230 e. The van der Waals surface area contributed by atoms with Gasteiger partial charge in [-0.2, -0.15) is 0 Å². The van der Waals surface area contributed by atoms with Crippen molar-refractivity contribution in [3.05, 3.63) is 35.5 Å². The number of nitrogen functional groups attached to an aromatic ring is 1. The molecular weight excluding hydrogens is 200 g/mol. The van der Waals surface area contributed by atoms with Crippen LogP contribution >= 0.6 is 0 Å². The number of nitrogens with zero attached hydrogens (tertiary/aromatic N) is 1. The highest BCUT2D eigenvalue weighted by molar-refractivity contribution is 5.75. The van der Waals surface area contributed by atoms with Crippen LogP contribution in [0.1, 0.15) is 24.6 Å². The monoisotopic (exact) mass is 216 g/mol. The van der Waals surface area contributed by atoms with Crippen molar-refractivity contribution < 1.29 is 4.52 Å². The number of aromatic nitrogens is 1. The van der Waals surface area contributed by atoms with E-state index in [-0.39, 0.29) is 0 Å². The minimum Gasteiger partial charge on any atom is -0.367 e. The molecule has 0 unspecified atom stereocenters. The molecule has 0 saturated heterocycles. The fraction of sp³-hybridized carbons (Fsp3) is 0.308. The molecule has 3 heteroatoms. The van der Waals surface area contributed by atoms with Crippen LogP contribution < -0.4 is 5.73 Å². The zero-order valence-electron chi connectivity index (χ0n) is 9.66. The molecule has 0 fully saturated rings. The van der Waals surface area contributed by atoms with Gasteiger partial charge in [-0.15, -0.1) is 0 Å². The summed E-state index contributed by atoms with van der Waals surface area (Å²) < 4.78 is 5.07. The van der Waals surface area contributed by atoms with Gasteiger partial charge >= 0.3 is 0 Å². The first kappa shape index (κ1) is 10.7. The molecular formula is C13H16N2O. The Bertz CT molecular complexity index is 488. The quantitative estimate of drug-likeness (QED) is 0.857. The van der Waals surface area contributed by atoms with Gasteiger partial charge in [0.25, 0.3) is 0 Å². The molecule has 3 nitrogen and oxygen atoms in total. The Morgan fingerprint density at radius 1 is 1.38 bits per heavy atom. The highest BCUT2D eigenvalue weighted by Gasteiger charge is 2.14. The van der Waals surface area contributed by atoms with Crippen LogP contribution in [0, 0.1) is 6.92 Å². The molecule has 16 heavy (non-hydrogen) atoms. The number of benzene rings is 1. The normalized spacial score (nSPS) is 10.6. The summed E-state index contributed by atoms with van der Waals surface area (Å²) in [6.45, 7) is 4.18. The molecule has 0 aliphatic heterocycles. The van der Waals surface area contributed by atoms with Gasteiger partial charge in [-0.25, -0.2) is 0 Å². The summed E-state index contributed by atoms with van der Waals surface area (Å²) >= 11 is 0. The van der Waals surface area contributed by atoms with Gasteiger partial charge in [-0.3, -0.25) is 0 Å². The van der Waals surface area contributed by atoms with Gasteiger partial charge in [-0.05, 0) is 18.9 Å². The second-order valence-corrected chi connectivity index (χ2v) is 3.99. The van der Waals surface area contributed by atoms with Crippen LogP contribution in [0.2, 0.25) is 0 Å². The van der Waals surface area contributed by atoms with Gasteiger partial charge in [0.05, 0.1) is 11.3 Å². The standard InChI is InChI=1S/C13H16N2O/c1-3-5-11-12(13(14)16-15-11)10-7-4-6-9(2)8-10/h4,6-8H,3,5,14H2,1-2H3. The maximum Gasteiger partial charge on any atom is 0.230 e. The van der Waals surface area contributed by atoms with E-state index in [1.165, 1.54) is 5.56 Å². The van der Waals surface area contributed by atoms with E-state index in [1.807, 2.05) is 12.1 Å². The molecule has 1 aromatic heterocycles. The van der Waals surface area contributed by atoms with Gasteiger partial charge in [0.1, 0.15) is 0 Å². The zero-order valence-corrected chi connectivity index (χ0v) is 9.66.